The van der Waals surface area contributed by atoms with Gasteiger partial charge in [-0.1, -0.05) is 26.7 Å². The van der Waals surface area contributed by atoms with Gasteiger partial charge in [0.15, 0.2) is 0 Å². The summed E-state index contributed by atoms with van der Waals surface area (Å²) in [5, 5.41) is 3.02. The zero-order valence-corrected chi connectivity index (χ0v) is 11.8. The molecule has 1 rings (SSSR count). The first-order chi connectivity index (χ1) is 8.60. The quantitative estimate of drug-likeness (QED) is 0.649. The molecule has 0 heterocycles. The summed E-state index contributed by atoms with van der Waals surface area (Å²) in [5.41, 5.74) is 5.22. The zero-order chi connectivity index (χ0) is 13.4. The summed E-state index contributed by atoms with van der Waals surface area (Å²) < 4.78 is 5.27. The lowest BCUT2D eigenvalue weighted by atomic mass is 9.77. The van der Waals surface area contributed by atoms with E-state index in [1.165, 1.54) is 12.8 Å². The van der Waals surface area contributed by atoms with E-state index in [0.717, 1.165) is 19.3 Å². The van der Waals surface area contributed by atoms with E-state index in [0.29, 0.717) is 32.2 Å². The third kappa shape index (κ3) is 4.58. The lowest BCUT2D eigenvalue weighted by molar-refractivity contribution is -0.132. The smallest absolute Gasteiger partial charge is 0.226 e. The minimum atomic E-state index is -0.109. The lowest BCUT2D eigenvalue weighted by Crippen LogP contribution is -2.41. The van der Waals surface area contributed by atoms with Crippen molar-refractivity contribution in [1.29, 1.82) is 0 Å². The Morgan fingerprint density at radius 3 is 2.56 bits per heavy atom. The van der Waals surface area contributed by atoms with Gasteiger partial charge in [0.1, 0.15) is 0 Å². The van der Waals surface area contributed by atoms with Crippen LogP contribution in [0.3, 0.4) is 0 Å². The summed E-state index contributed by atoms with van der Waals surface area (Å²) in [6, 6.07) is 0. The van der Waals surface area contributed by atoms with Gasteiger partial charge in [0, 0.05) is 18.5 Å². The SMILES string of the molecule is CC(C)CC1(C(=O)NCCOCCN)CCCC1. The number of hydrogen-bond donors (Lipinski definition) is 2. The van der Waals surface area contributed by atoms with Gasteiger partial charge in [-0.05, 0) is 25.2 Å². The number of hydrogen-bond acceptors (Lipinski definition) is 3. The highest BCUT2D eigenvalue weighted by atomic mass is 16.5. The second kappa shape index (κ2) is 7.74. The van der Waals surface area contributed by atoms with Crippen molar-refractivity contribution in [3.8, 4) is 0 Å². The van der Waals surface area contributed by atoms with Crippen LogP contribution in [0.1, 0.15) is 46.0 Å². The molecule has 4 heteroatoms. The number of carbonyl (C=O) groups is 1. The summed E-state index contributed by atoms with van der Waals surface area (Å²) in [4.78, 5) is 12.3. The number of carbonyl (C=O) groups excluding carboxylic acids is 1. The number of amides is 1. The maximum atomic E-state index is 12.3. The topological polar surface area (TPSA) is 64.3 Å². The Morgan fingerprint density at radius 2 is 2.00 bits per heavy atom. The predicted molar refractivity (Wildman–Crippen MR) is 73.2 cm³/mol. The Labute approximate surface area is 111 Å². The second-order valence-electron chi connectivity index (χ2n) is 5.74. The number of ether oxygens (including phenoxy) is 1. The molecule has 0 unspecified atom stereocenters. The average Bonchev–Trinajstić information content (AvgIpc) is 2.77. The number of nitrogens with two attached hydrogens (primary N) is 1. The standard InChI is InChI=1S/C14H28N2O2/c1-12(2)11-14(5-3-4-6-14)13(17)16-8-10-18-9-7-15/h12H,3-11,15H2,1-2H3,(H,16,17). The highest BCUT2D eigenvalue weighted by molar-refractivity contribution is 5.82. The molecule has 1 amide bonds. The van der Waals surface area contributed by atoms with E-state index in [-0.39, 0.29) is 11.3 Å². The minimum absolute atomic E-state index is 0.109. The van der Waals surface area contributed by atoms with Crippen LogP contribution in [0, 0.1) is 11.3 Å². The van der Waals surface area contributed by atoms with Crippen molar-refractivity contribution in [2.24, 2.45) is 17.1 Å². The van der Waals surface area contributed by atoms with E-state index in [9.17, 15) is 4.79 Å². The predicted octanol–water partition coefficient (Wildman–Crippen LogP) is 1.68. The van der Waals surface area contributed by atoms with Crippen molar-refractivity contribution < 1.29 is 9.53 Å². The Kier molecular flexibility index (Phi) is 6.65. The maximum Gasteiger partial charge on any atom is 0.226 e. The molecule has 1 aliphatic carbocycles. The van der Waals surface area contributed by atoms with Gasteiger partial charge in [0.25, 0.3) is 0 Å². The van der Waals surface area contributed by atoms with Gasteiger partial charge in [-0.2, -0.15) is 0 Å². The van der Waals surface area contributed by atoms with Crippen LogP contribution >= 0.6 is 0 Å². The molecule has 4 nitrogen and oxygen atoms in total. The third-order valence-corrected chi connectivity index (χ3v) is 3.64. The summed E-state index contributed by atoms with van der Waals surface area (Å²) in [6.45, 7) is 6.63. The Morgan fingerprint density at radius 1 is 1.33 bits per heavy atom. The van der Waals surface area contributed by atoms with Crippen LogP contribution in [-0.2, 0) is 9.53 Å². The van der Waals surface area contributed by atoms with Gasteiger partial charge in [-0.3, -0.25) is 4.79 Å². The van der Waals surface area contributed by atoms with E-state index >= 15 is 0 Å². The summed E-state index contributed by atoms with van der Waals surface area (Å²) in [5.74, 6) is 0.799. The Bertz CT molecular complexity index is 248. The molecular formula is C14H28N2O2. The molecule has 18 heavy (non-hydrogen) atoms. The fourth-order valence-electron chi connectivity index (χ4n) is 2.97. The molecular weight excluding hydrogens is 228 g/mol. The highest BCUT2D eigenvalue weighted by Crippen LogP contribution is 2.43. The molecule has 1 saturated carbocycles. The van der Waals surface area contributed by atoms with Crippen LogP contribution in [0.2, 0.25) is 0 Å². The lowest BCUT2D eigenvalue weighted by Gasteiger charge is -2.29. The van der Waals surface area contributed by atoms with Gasteiger partial charge in [-0.25, -0.2) is 0 Å². The normalized spacial score (nSPS) is 18.2. The molecule has 0 spiro atoms. The highest BCUT2D eigenvalue weighted by Gasteiger charge is 2.40. The van der Waals surface area contributed by atoms with Crippen molar-refractivity contribution in [2.75, 3.05) is 26.3 Å². The fraction of sp³-hybridized carbons (Fsp3) is 0.929. The van der Waals surface area contributed by atoms with Crippen molar-refractivity contribution in [3.63, 3.8) is 0 Å². The van der Waals surface area contributed by atoms with Gasteiger partial charge >= 0.3 is 0 Å². The van der Waals surface area contributed by atoms with Crippen LogP contribution < -0.4 is 11.1 Å². The minimum Gasteiger partial charge on any atom is -0.378 e. The van der Waals surface area contributed by atoms with Crippen molar-refractivity contribution >= 4 is 5.91 Å². The molecule has 0 atom stereocenters. The van der Waals surface area contributed by atoms with Crippen LogP contribution in [0.15, 0.2) is 0 Å². The van der Waals surface area contributed by atoms with Crippen molar-refractivity contribution in [1.82, 2.24) is 5.32 Å². The van der Waals surface area contributed by atoms with E-state index in [2.05, 4.69) is 19.2 Å². The van der Waals surface area contributed by atoms with E-state index in [1.54, 1.807) is 0 Å². The third-order valence-electron chi connectivity index (χ3n) is 3.64. The zero-order valence-electron chi connectivity index (χ0n) is 11.8. The molecule has 0 aromatic heterocycles. The van der Waals surface area contributed by atoms with Crippen LogP contribution in [0.5, 0.6) is 0 Å². The molecule has 0 aromatic carbocycles. The van der Waals surface area contributed by atoms with E-state index in [4.69, 9.17) is 10.5 Å². The van der Waals surface area contributed by atoms with E-state index in [1.807, 2.05) is 0 Å². The Balaban J connectivity index is 2.36. The first kappa shape index (κ1) is 15.4. The van der Waals surface area contributed by atoms with Crippen LogP contribution in [0.4, 0.5) is 0 Å². The van der Waals surface area contributed by atoms with Gasteiger partial charge in [-0.15, -0.1) is 0 Å². The maximum absolute atomic E-state index is 12.3. The van der Waals surface area contributed by atoms with E-state index < -0.39 is 0 Å². The molecule has 0 bridgehead atoms. The molecule has 1 fully saturated rings. The van der Waals surface area contributed by atoms with Crippen LogP contribution in [0.25, 0.3) is 0 Å². The molecule has 0 aliphatic heterocycles. The number of rotatable bonds is 8. The van der Waals surface area contributed by atoms with Crippen LogP contribution in [-0.4, -0.2) is 32.2 Å². The summed E-state index contributed by atoms with van der Waals surface area (Å²) in [6.07, 6.45) is 5.46. The van der Waals surface area contributed by atoms with Crippen molar-refractivity contribution in [3.05, 3.63) is 0 Å². The Hall–Kier alpha value is -0.610. The van der Waals surface area contributed by atoms with Gasteiger partial charge in [0.2, 0.25) is 5.91 Å². The molecule has 106 valence electrons. The molecule has 3 N–H and O–H groups in total. The first-order valence-electron chi connectivity index (χ1n) is 7.17. The molecule has 0 saturated heterocycles. The van der Waals surface area contributed by atoms with Gasteiger partial charge < -0.3 is 15.8 Å². The molecule has 1 aliphatic rings. The first-order valence-corrected chi connectivity index (χ1v) is 7.17. The molecule has 0 radical (unpaired) electrons. The monoisotopic (exact) mass is 256 g/mol. The fourth-order valence-corrected chi connectivity index (χ4v) is 2.97. The summed E-state index contributed by atoms with van der Waals surface area (Å²) >= 11 is 0. The largest absolute Gasteiger partial charge is 0.378 e. The average molecular weight is 256 g/mol. The number of nitrogens with one attached hydrogen (secondary N) is 1. The van der Waals surface area contributed by atoms with Gasteiger partial charge in [0.05, 0.1) is 13.2 Å². The molecule has 0 aromatic rings. The second-order valence-corrected chi connectivity index (χ2v) is 5.74. The summed E-state index contributed by atoms with van der Waals surface area (Å²) in [7, 11) is 0. The van der Waals surface area contributed by atoms with Crippen molar-refractivity contribution in [2.45, 2.75) is 46.0 Å².